The van der Waals surface area contributed by atoms with Gasteiger partial charge in [-0.1, -0.05) is 12.1 Å². The minimum atomic E-state index is -0.283. The molecule has 4 aromatic rings. The van der Waals surface area contributed by atoms with Crippen LogP contribution >= 0.6 is 0 Å². The first-order chi connectivity index (χ1) is 17.0. The van der Waals surface area contributed by atoms with E-state index in [0.717, 1.165) is 48.6 Å². The smallest absolute Gasteiger partial charge is 0.223 e. The van der Waals surface area contributed by atoms with Crippen molar-refractivity contribution in [1.29, 1.82) is 0 Å². The molecule has 9 heteroatoms. The predicted molar refractivity (Wildman–Crippen MR) is 131 cm³/mol. The fourth-order valence-electron chi connectivity index (χ4n) is 4.40. The highest BCUT2D eigenvalue weighted by atomic mass is 19.1. The summed E-state index contributed by atoms with van der Waals surface area (Å²) in [6.45, 7) is 3.36. The Kier molecular flexibility index (Phi) is 6.31. The molecule has 1 atom stereocenters. The fourth-order valence-corrected chi connectivity index (χ4v) is 4.40. The number of rotatable bonds is 6. The first-order valence-electron chi connectivity index (χ1n) is 11.7. The summed E-state index contributed by atoms with van der Waals surface area (Å²) in [5.41, 5.74) is 2.45. The van der Waals surface area contributed by atoms with Gasteiger partial charge >= 0.3 is 0 Å². The zero-order valence-corrected chi connectivity index (χ0v) is 19.7. The SMILES string of the molecule is COc1ccc(-c2nnc3ccc(N4CCC(C(=O)NC(C)c5ccc(F)cc5)CC4)nn23)cc1. The van der Waals surface area contributed by atoms with E-state index in [0.29, 0.717) is 11.5 Å². The highest BCUT2D eigenvalue weighted by Gasteiger charge is 2.27. The Labute approximate surface area is 202 Å². The number of nitrogens with one attached hydrogen (secondary N) is 1. The molecular weight excluding hydrogens is 447 g/mol. The van der Waals surface area contributed by atoms with E-state index in [9.17, 15) is 9.18 Å². The van der Waals surface area contributed by atoms with Gasteiger partial charge in [0.1, 0.15) is 17.4 Å². The molecule has 5 rings (SSSR count). The third-order valence-corrected chi connectivity index (χ3v) is 6.52. The number of piperidine rings is 1. The highest BCUT2D eigenvalue weighted by Crippen LogP contribution is 2.25. The molecule has 0 bridgehead atoms. The zero-order chi connectivity index (χ0) is 24.4. The second-order valence-corrected chi connectivity index (χ2v) is 8.76. The first kappa shape index (κ1) is 22.8. The molecule has 3 heterocycles. The Morgan fingerprint density at radius 2 is 1.74 bits per heavy atom. The molecule has 35 heavy (non-hydrogen) atoms. The van der Waals surface area contributed by atoms with E-state index in [1.165, 1.54) is 12.1 Å². The van der Waals surface area contributed by atoms with E-state index in [1.807, 2.05) is 43.3 Å². The molecule has 0 aliphatic carbocycles. The third-order valence-electron chi connectivity index (χ3n) is 6.52. The largest absolute Gasteiger partial charge is 0.497 e. The Morgan fingerprint density at radius 1 is 1.03 bits per heavy atom. The highest BCUT2D eigenvalue weighted by molar-refractivity contribution is 5.79. The van der Waals surface area contributed by atoms with E-state index >= 15 is 0 Å². The number of ether oxygens (including phenoxy) is 1. The Balaban J connectivity index is 1.24. The van der Waals surface area contributed by atoms with Crippen molar-refractivity contribution in [3.05, 3.63) is 72.0 Å². The summed E-state index contributed by atoms with van der Waals surface area (Å²) in [5.74, 6) is 1.94. The van der Waals surface area contributed by atoms with Crippen molar-refractivity contribution in [3.63, 3.8) is 0 Å². The van der Waals surface area contributed by atoms with Crippen molar-refractivity contribution in [2.75, 3.05) is 25.1 Å². The number of aromatic nitrogens is 4. The van der Waals surface area contributed by atoms with Gasteiger partial charge < -0.3 is 15.0 Å². The van der Waals surface area contributed by atoms with Crippen LogP contribution in [0.25, 0.3) is 17.0 Å². The number of fused-ring (bicyclic) bond motifs is 1. The Hall–Kier alpha value is -4.01. The second kappa shape index (κ2) is 9.69. The van der Waals surface area contributed by atoms with Crippen LogP contribution in [0.3, 0.4) is 0 Å². The number of amides is 1. The van der Waals surface area contributed by atoms with Crippen LogP contribution in [0.15, 0.2) is 60.7 Å². The van der Waals surface area contributed by atoms with Crippen molar-refractivity contribution in [2.45, 2.75) is 25.8 Å². The number of halogens is 1. The van der Waals surface area contributed by atoms with Crippen LogP contribution in [0, 0.1) is 11.7 Å². The number of carbonyl (C=O) groups excluding carboxylic acids is 1. The Morgan fingerprint density at radius 3 is 2.43 bits per heavy atom. The van der Waals surface area contributed by atoms with Gasteiger partial charge in [-0.3, -0.25) is 4.79 Å². The van der Waals surface area contributed by atoms with Gasteiger partial charge in [-0.05, 0) is 73.9 Å². The number of nitrogens with zero attached hydrogens (tertiary/aromatic N) is 5. The number of hydrogen-bond acceptors (Lipinski definition) is 6. The van der Waals surface area contributed by atoms with Gasteiger partial charge in [0.2, 0.25) is 5.91 Å². The van der Waals surface area contributed by atoms with Gasteiger partial charge in [-0.25, -0.2) is 4.39 Å². The van der Waals surface area contributed by atoms with Gasteiger partial charge in [0, 0.05) is 24.6 Å². The summed E-state index contributed by atoms with van der Waals surface area (Å²) in [6, 6.07) is 17.5. The summed E-state index contributed by atoms with van der Waals surface area (Å²) in [4.78, 5) is 15.0. The Bertz CT molecular complexity index is 1310. The molecule has 1 amide bonds. The standard InChI is InChI=1S/C26H27FN6O2/c1-17(18-3-7-21(27)8-4-18)28-26(34)20-13-15-32(16-14-20)24-12-11-23-29-30-25(33(23)31-24)19-5-9-22(35-2)10-6-19/h3-12,17,20H,13-16H2,1-2H3,(H,28,34). The van der Waals surface area contributed by atoms with Gasteiger partial charge in [-0.2, -0.15) is 4.52 Å². The van der Waals surface area contributed by atoms with Crippen LogP contribution in [-0.4, -0.2) is 45.9 Å². The van der Waals surface area contributed by atoms with E-state index in [2.05, 4.69) is 20.4 Å². The molecule has 2 aromatic heterocycles. The van der Waals surface area contributed by atoms with Crippen LogP contribution in [0.2, 0.25) is 0 Å². The summed E-state index contributed by atoms with van der Waals surface area (Å²) in [7, 11) is 1.63. The maximum Gasteiger partial charge on any atom is 0.223 e. The second-order valence-electron chi connectivity index (χ2n) is 8.76. The van der Waals surface area contributed by atoms with Crippen LogP contribution in [0.4, 0.5) is 10.2 Å². The van der Waals surface area contributed by atoms with Crippen LogP contribution in [-0.2, 0) is 4.79 Å². The molecule has 8 nitrogen and oxygen atoms in total. The van der Waals surface area contributed by atoms with E-state index < -0.39 is 0 Å². The zero-order valence-electron chi connectivity index (χ0n) is 19.7. The molecule has 1 unspecified atom stereocenters. The lowest BCUT2D eigenvalue weighted by atomic mass is 9.95. The van der Waals surface area contributed by atoms with Crippen molar-refractivity contribution < 1.29 is 13.9 Å². The monoisotopic (exact) mass is 474 g/mol. The minimum Gasteiger partial charge on any atom is -0.497 e. The molecule has 1 aliphatic heterocycles. The van der Waals surface area contributed by atoms with Crippen molar-refractivity contribution >= 4 is 17.4 Å². The normalized spacial score (nSPS) is 15.2. The quantitative estimate of drug-likeness (QED) is 0.454. The van der Waals surface area contributed by atoms with E-state index in [-0.39, 0.29) is 23.7 Å². The van der Waals surface area contributed by atoms with E-state index in [4.69, 9.17) is 9.84 Å². The van der Waals surface area contributed by atoms with Crippen molar-refractivity contribution in [1.82, 2.24) is 25.1 Å². The predicted octanol–water partition coefficient (Wildman–Crippen LogP) is 4.03. The summed E-state index contributed by atoms with van der Waals surface area (Å²) >= 11 is 0. The van der Waals surface area contributed by atoms with Crippen LogP contribution in [0.1, 0.15) is 31.4 Å². The third kappa shape index (κ3) is 4.80. The lowest BCUT2D eigenvalue weighted by Crippen LogP contribution is -2.41. The lowest BCUT2D eigenvalue weighted by Gasteiger charge is -2.32. The first-order valence-corrected chi connectivity index (χ1v) is 11.7. The molecular formula is C26H27FN6O2. The van der Waals surface area contributed by atoms with Gasteiger partial charge in [0.15, 0.2) is 11.5 Å². The number of benzene rings is 2. The number of anilines is 1. The maximum absolute atomic E-state index is 13.2. The molecule has 1 fully saturated rings. The molecule has 180 valence electrons. The lowest BCUT2D eigenvalue weighted by molar-refractivity contribution is -0.126. The topological polar surface area (TPSA) is 84.7 Å². The van der Waals surface area contributed by atoms with Gasteiger partial charge in [0.05, 0.1) is 13.2 Å². The van der Waals surface area contributed by atoms with Crippen LogP contribution in [0.5, 0.6) is 5.75 Å². The summed E-state index contributed by atoms with van der Waals surface area (Å²) < 4.78 is 20.2. The van der Waals surface area contributed by atoms with Gasteiger partial charge in [0.25, 0.3) is 0 Å². The van der Waals surface area contributed by atoms with Crippen molar-refractivity contribution in [3.8, 4) is 17.1 Å². The number of methoxy groups -OCH3 is 1. The minimum absolute atomic E-state index is 0.0329. The van der Waals surface area contributed by atoms with E-state index in [1.54, 1.807) is 23.8 Å². The average Bonchev–Trinajstić information content (AvgIpc) is 3.32. The molecule has 0 spiro atoms. The van der Waals surface area contributed by atoms with Gasteiger partial charge in [-0.15, -0.1) is 15.3 Å². The summed E-state index contributed by atoms with van der Waals surface area (Å²) in [6.07, 6.45) is 1.46. The molecule has 1 saturated heterocycles. The molecule has 0 saturated carbocycles. The molecule has 1 N–H and O–H groups in total. The average molecular weight is 475 g/mol. The number of carbonyl (C=O) groups is 1. The summed E-state index contributed by atoms with van der Waals surface area (Å²) in [5, 5.41) is 16.4. The van der Waals surface area contributed by atoms with Crippen molar-refractivity contribution in [2.24, 2.45) is 5.92 Å². The molecule has 0 radical (unpaired) electrons. The van der Waals surface area contributed by atoms with Crippen LogP contribution < -0.4 is 15.0 Å². The molecule has 2 aromatic carbocycles. The number of hydrogen-bond donors (Lipinski definition) is 1. The molecule has 1 aliphatic rings. The fraction of sp³-hybridized carbons (Fsp3) is 0.308. The maximum atomic E-state index is 13.2.